The fourth-order valence-electron chi connectivity index (χ4n) is 5.84. The molecule has 4 bridgehead atoms. The van der Waals surface area contributed by atoms with Gasteiger partial charge < -0.3 is 14.9 Å². The van der Waals surface area contributed by atoms with Crippen molar-refractivity contribution in [2.45, 2.75) is 43.9 Å². The Hall–Kier alpha value is -1.71. The van der Waals surface area contributed by atoms with Crippen molar-refractivity contribution < 1.29 is 19.7 Å². The zero-order chi connectivity index (χ0) is 15.5. The van der Waals surface area contributed by atoms with E-state index in [2.05, 4.69) is 0 Å². The van der Waals surface area contributed by atoms with E-state index in [1.807, 2.05) is 0 Å². The predicted molar refractivity (Wildman–Crippen MR) is 81.5 cm³/mol. The van der Waals surface area contributed by atoms with E-state index in [1.54, 1.807) is 13.2 Å². The van der Waals surface area contributed by atoms with E-state index in [1.165, 1.54) is 25.3 Å². The van der Waals surface area contributed by atoms with E-state index >= 15 is 0 Å². The van der Waals surface area contributed by atoms with Gasteiger partial charge in [0, 0.05) is 11.0 Å². The lowest BCUT2D eigenvalue weighted by Crippen LogP contribution is -2.48. The summed E-state index contributed by atoms with van der Waals surface area (Å²) in [6.45, 7) is 0. The lowest BCUT2D eigenvalue weighted by Gasteiger charge is -2.57. The van der Waals surface area contributed by atoms with Crippen molar-refractivity contribution in [1.29, 1.82) is 0 Å². The number of rotatable bonds is 3. The monoisotopic (exact) mass is 302 g/mol. The minimum atomic E-state index is -1.08. The smallest absolute Gasteiger partial charge is 0.339 e. The number of carboxylic acids is 1. The highest BCUT2D eigenvalue weighted by molar-refractivity contribution is 5.92. The van der Waals surface area contributed by atoms with Crippen molar-refractivity contribution in [2.24, 2.45) is 17.8 Å². The number of hydrogen-bond donors (Lipinski definition) is 2. The third-order valence-corrected chi connectivity index (χ3v) is 6.16. The molecule has 4 heteroatoms. The molecule has 0 radical (unpaired) electrons. The van der Waals surface area contributed by atoms with Gasteiger partial charge in [0.05, 0.1) is 7.11 Å². The van der Waals surface area contributed by atoms with Crippen molar-refractivity contribution in [3.8, 4) is 11.5 Å². The first-order valence-corrected chi connectivity index (χ1v) is 8.16. The molecule has 4 aliphatic carbocycles. The maximum Gasteiger partial charge on any atom is 0.339 e. The van der Waals surface area contributed by atoms with E-state index in [9.17, 15) is 15.0 Å². The summed E-state index contributed by atoms with van der Waals surface area (Å²) in [5, 5.41) is 20.0. The van der Waals surface area contributed by atoms with Gasteiger partial charge in [-0.3, -0.25) is 0 Å². The second-order valence-corrected chi connectivity index (χ2v) is 7.54. The van der Waals surface area contributed by atoms with Crippen LogP contribution in [0.2, 0.25) is 0 Å². The number of methoxy groups -OCH3 is 1. The quantitative estimate of drug-likeness (QED) is 0.896. The molecule has 4 aliphatic rings. The molecule has 5 rings (SSSR count). The van der Waals surface area contributed by atoms with Crippen molar-refractivity contribution in [3.63, 3.8) is 0 Å². The number of carbonyl (C=O) groups is 1. The van der Waals surface area contributed by atoms with Crippen molar-refractivity contribution in [3.05, 3.63) is 23.3 Å². The summed E-state index contributed by atoms with van der Waals surface area (Å²) in [6.07, 6.45) is 7.10. The van der Waals surface area contributed by atoms with Crippen LogP contribution in [0.1, 0.15) is 54.4 Å². The first kappa shape index (κ1) is 13.9. The first-order valence-electron chi connectivity index (χ1n) is 8.16. The van der Waals surface area contributed by atoms with E-state index in [0.717, 1.165) is 42.6 Å². The number of ether oxygens (including phenoxy) is 1. The standard InChI is InChI=1S/C18H22O4/c1-22-14-3-2-13(17(20)21)16(19)15(14)18-7-10-4-11(8-18)6-12(5-10)9-18/h2-3,10-12,19H,4-9H2,1H3,(H,20,21). The van der Waals surface area contributed by atoms with Gasteiger partial charge in [-0.1, -0.05) is 0 Å². The Morgan fingerprint density at radius 1 is 1.14 bits per heavy atom. The molecule has 4 nitrogen and oxygen atoms in total. The number of aromatic hydroxyl groups is 1. The van der Waals surface area contributed by atoms with Crippen LogP contribution < -0.4 is 4.74 Å². The van der Waals surface area contributed by atoms with Gasteiger partial charge in [-0.25, -0.2) is 4.79 Å². The van der Waals surface area contributed by atoms with Crippen molar-refractivity contribution in [2.75, 3.05) is 7.11 Å². The predicted octanol–water partition coefficient (Wildman–Crippen LogP) is 3.57. The van der Waals surface area contributed by atoms with Crippen LogP contribution in [-0.2, 0) is 5.41 Å². The van der Waals surface area contributed by atoms with Gasteiger partial charge in [0.1, 0.15) is 17.1 Å². The summed E-state index contributed by atoms with van der Waals surface area (Å²) in [5.41, 5.74) is 0.663. The fraction of sp³-hybridized carbons (Fsp3) is 0.611. The molecule has 1 aromatic carbocycles. The van der Waals surface area contributed by atoms with Crippen LogP contribution in [0.4, 0.5) is 0 Å². The van der Waals surface area contributed by atoms with Gasteiger partial charge in [-0.05, 0) is 68.4 Å². The Kier molecular flexibility index (Phi) is 2.94. The third kappa shape index (κ3) is 1.86. The second kappa shape index (κ2) is 4.64. The first-order chi connectivity index (χ1) is 10.5. The molecule has 118 valence electrons. The number of hydrogen-bond acceptors (Lipinski definition) is 3. The summed E-state index contributed by atoms with van der Waals surface area (Å²) < 4.78 is 5.50. The minimum Gasteiger partial charge on any atom is -0.507 e. The number of benzene rings is 1. The van der Waals surface area contributed by atoms with Gasteiger partial charge in [0.2, 0.25) is 0 Å². The maximum absolute atomic E-state index is 11.4. The lowest BCUT2D eigenvalue weighted by molar-refractivity contribution is -0.00718. The van der Waals surface area contributed by atoms with E-state index in [-0.39, 0.29) is 16.7 Å². The highest BCUT2D eigenvalue weighted by atomic mass is 16.5. The number of phenols is 1. The number of carboxylic acid groups (broad SMARTS) is 1. The van der Waals surface area contributed by atoms with Crippen LogP contribution in [0.5, 0.6) is 11.5 Å². The molecule has 4 saturated carbocycles. The summed E-state index contributed by atoms with van der Waals surface area (Å²) in [5.74, 6) is 1.67. The Bertz CT molecular complexity index is 599. The molecule has 0 spiro atoms. The highest BCUT2D eigenvalue weighted by Gasteiger charge is 2.53. The van der Waals surface area contributed by atoms with Crippen LogP contribution in [0.25, 0.3) is 0 Å². The molecule has 0 amide bonds. The molecular weight excluding hydrogens is 280 g/mol. The van der Waals surface area contributed by atoms with Crippen LogP contribution in [0, 0.1) is 17.8 Å². The fourth-order valence-corrected chi connectivity index (χ4v) is 5.84. The van der Waals surface area contributed by atoms with Gasteiger partial charge >= 0.3 is 5.97 Å². The molecule has 4 fully saturated rings. The van der Waals surface area contributed by atoms with E-state index in [4.69, 9.17) is 4.74 Å². The maximum atomic E-state index is 11.4. The van der Waals surface area contributed by atoms with Crippen molar-refractivity contribution in [1.82, 2.24) is 0 Å². The summed E-state index contributed by atoms with van der Waals surface area (Å²) >= 11 is 0. The SMILES string of the molecule is COc1ccc(C(=O)O)c(O)c1C12CC3CC(CC(C3)C1)C2. The van der Waals surface area contributed by atoms with E-state index < -0.39 is 5.97 Å². The molecule has 2 N–H and O–H groups in total. The molecule has 22 heavy (non-hydrogen) atoms. The third-order valence-electron chi connectivity index (χ3n) is 6.16. The van der Waals surface area contributed by atoms with Crippen LogP contribution in [0.15, 0.2) is 12.1 Å². The normalized spacial score (nSPS) is 35.6. The largest absolute Gasteiger partial charge is 0.507 e. The molecule has 1 aromatic rings. The molecule has 0 saturated heterocycles. The summed E-state index contributed by atoms with van der Waals surface area (Å²) in [6, 6.07) is 3.15. The average Bonchev–Trinajstić information content (AvgIpc) is 2.44. The van der Waals surface area contributed by atoms with Crippen LogP contribution in [-0.4, -0.2) is 23.3 Å². The summed E-state index contributed by atoms with van der Waals surface area (Å²) in [4.78, 5) is 11.4. The minimum absolute atomic E-state index is 0.00783. The molecule has 0 unspecified atom stereocenters. The molecular formula is C18H22O4. The number of aromatic carboxylic acids is 1. The molecule has 0 aromatic heterocycles. The summed E-state index contributed by atoms with van der Waals surface area (Å²) in [7, 11) is 1.60. The molecule has 0 atom stereocenters. The van der Waals surface area contributed by atoms with Crippen LogP contribution in [0.3, 0.4) is 0 Å². The highest BCUT2D eigenvalue weighted by Crippen LogP contribution is 2.63. The Morgan fingerprint density at radius 2 is 1.68 bits per heavy atom. The zero-order valence-corrected chi connectivity index (χ0v) is 12.8. The van der Waals surface area contributed by atoms with Gasteiger partial charge in [-0.2, -0.15) is 0 Å². The average molecular weight is 302 g/mol. The van der Waals surface area contributed by atoms with Gasteiger partial charge in [0.25, 0.3) is 0 Å². The van der Waals surface area contributed by atoms with E-state index in [0.29, 0.717) is 5.75 Å². The Morgan fingerprint density at radius 3 is 2.14 bits per heavy atom. The second-order valence-electron chi connectivity index (χ2n) is 7.54. The van der Waals surface area contributed by atoms with Gasteiger partial charge in [0.15, 0.2) is 0 Å². The zero-order valence-electron chi connectivity index (χ0n) is 12.8. The molecule has 0 heterocycles. The Balaban J connectivity index is 1.88. The molecule has 0 aliphatic heterocycles. The van der Waals surface area contributed by atoms with Gasteiger partial charge in [-0.15, -0.1) is 0 Å². The lowest BCUT2D eigenvalue weighted by atomic mass is 9.48. The van der Waals surface area contributed by atoms with Crippen LogP contribution >= 0.6 is 0 Å². The van der Waals surface area contributed by atoms with Crippen molar-refractivity contribution >= 4 is 5.97 Å². The Labute approximate surface area is 130 Å². The topological polar surface area (TPSA) is 66.8 Å².